The Bertz CT molecular complexity index is 432. The van der Waals surface area contributed by atoms with E-state index in [0.29, 0.717) is 12.8 Å². The summed E-state index contributed by atoms with van der Waals surface area (Å²) in [6, 6.07) is 0. The zero-order valence-corrected chi connectivity index (χ0v) is 13.8. The van der Waals surface area contributed by atoms with Gasteiger partial charge in [0.15, 0.2) is 0 Å². The van der Waals surface area contributed by atoms with Gasteiger partial charge in [0, 0.05) is 11.3 Å². The Morgan fingerprint density at radius 2 is 1.95 bits per heavy atom. The quantitative estimate of drug-likeness (QED) is 0.658. The number of ketones is 2. The smallest absolute Gasteiger partial charge is 0.207 e. The largest absolute Gasteiger partial charge is 0.396 e. The Morgan fingerprint density at radius 1 is 1.32 bits per heavy atom. The van der Waals surface area contributed by atoms with Crippen molar-refractivity contribution in [3.63, 3.8) is 0 Å². The van der Waals surface area contributed by atoms with E-state index in [4.69, 9.17) is 4.74 Å². The fraction of sp³-hybridized carbons (Fsp3) is 0.882. The second-order valence-corrected chi connectivity index (χ2v) is 7.43. The molecular formula is C17H28O5. The van der Waals surface area contributed by atoms with Crippen molar-refractivity contribution >= 4 is 11.6 Å². The highest BCUT2D eigenvalue weighted by atomic mass is 16.5. The first-order valence-corrected chi connectivity index (χ1v) is 8.25. The number of rotatable bonds is 8. The van der Waals surface area contributed by atoms with Crippen LogP contribution in [-0.4, -0.2) is 48.2 Å². The lowest BCUT2D eigenvalue weighted by atomic mass is 9.74. The summed E-state index contributed by atoms with van der Waals surface area (Å²) in [5.41, 5.74) is -1.35. The Hall–Kier alpha value is -0.780. The fourth-order valence-electron chi connectivity index (χ4n) is 4.37. The number of aliphatic hydroxyl groups excluding tert-OH is 2. The van der Waals surface area contributed by atoms with Crippen LogP contribution < -0.4 is 0 Å². The summed E-state index contributed by atoms with van der Waals surface area (Å²) in [4.78, 5) is 24.6. The summed E-state index contributed by atoms with van der Waals surface area (Å²) in [5.74, 6) is -0.301. The minimum absolute atomic E-state index is 0.0618. The van der Waals surface area contributed by atoms with Gasteiger partial charge >= 0.3 is 0 Å². The molecule has 0 aromatic rings. The van der Waals surface area contributed by atoms with Crippen LogP contribution in [0.2, 0.25) is 0 Å². The second-order valence-electron chi connectivity index (χ2n) is 7.43. The van der Waals surface area contributed by atoms with Crippen LogP contribution in [0, 0.1) is 28.6 Å². The standard InChI is InChI=1S/C17H28O5/c1-4-16(7-18,8-19)9-22-10-17-6-5-12(13(17)11(2)3)14(20)15(17)21/h11-13,18-19H,4-10H2,1-3H3. The SMILES string of the molecule is CCC(CO)(CO)COCC12CCC(C(=O)C1=O)C2C(C)C. The van der Waals surface area contributed by atoms with E-state index in [1.807, 2.05) is 6.92 Å². The number of ether oxygens (including phenoxy) is 1. The van der Waals surface area contributed by atoms with E-state index in [-0.39, 0.29) is 55.7 Å². The van der Waals surface area contributed by atoms with Gasteiger partial charge in [-0.05, 0) is 31.1 Å². The number of Topliss-reactive ketones (excluding diaryl/α,β-unsaturated/α-hetero) is 2. The molecule has 2 fully saturated rings. The highest BCUT2D eigenvalue weighted by Crippen LogP contribution is 2.57. The third kappa shape index (κ3) is 2.53. The molecule has 0 spiro atoms. The van der Waals surface area contributed by atoms with Gasteiger partial charge in [-0.25, -0.2) is 0 Å². The van der Waals surface area contributed by atoms with Crippen molar-refractivity contribution in [1.82, 2.24) is 0 Å². The van der Waals surface area contributed by atoms with E-state index in [1.54, 1.807) is 0 Å². The summed E-state index contributed by atoms with van der Waals surface area (Å²) in [5, 5.41) is 18.9. The van der Waals surface area contributed by atoms with Crippen LogP contribution in [0.3, 0.4) is 0 Å². The summed E-state index contributed by atoms with van der Waals surface area (Å²) < 4.78 is 5.78. The maximum absolute atomic E-state index is 12.4. The molecule has 0 aliphatic heterocycles. The summed E-state index contributed by atoms with van der Waals surface area (Å²) in [6.07, 6.45) is 2.08. The molecule has 0 saturated heterocycles. The molecule has 0 amide bonds. The van der Waals surface area contributed by atoms with Crippen LogP contribution in [0.5, 0.6) is 0 Å². The van der Waals surface area contributed by atoms with Crippen molar-refractivity contribution < 1.29 is 24.5 Å². The maximum Gasteiger partial charge on any atom is 0.207 e. The predicted molar refractivity (Wildman–Crippen MR) is 81.2 cm³/mol. The molecule has 0 aromatic carbocycles. The van der Waals surface area contributed by atoms with Gasteiger partial charge < -0.3 is 14.9 Å². The minimum Gasteiger partial charge on any atom is -0.396 e. The van der Waals surface area contributed by atoms with Crippen LogP contribution >= 0.6 is 0 Å². The van der Waals surface area contributed by atoms with Crippen LogP contribution in [-0.2, 0) is 14.3 Å². The molecule has 126 valence electrons. The third-order valence-electron chi connectivity index (χ3n) is 5.89. The highest BCUT2D eigenvalue weighted by Gasteiger charge is 2.65. The van der Waals surface area contributed by atoms with Gasteiger partial charge in [0.2, 0.25) is 11.6 Å². The van der Waals surface area contributed by atoms with E-state index in [0.717, 1.165) is 6.42 Å². The topological polar surface area (TPSA) is 83.8 Å². The number of hydrogen-bond donors (Lipinski definition) is 2. The summed E-state index contributed by atoms with van der Waals surface area (Å²) >= 11 is 0. The summed E-state index contributed by atoms with van der Waals surface area (Å²) in [7, 11) is 0. The zero-order chi connectivity index (χ0) is 16.5. The van der Waals surface area contributed by atoms with E-state index in [2.05, 4.69) is 13.8 Å². The lowest BCUT2D eigenvalue weighted by molar-refractivity contribution is -0.145. The third-order valence-corrected chi connectivity index (χ3v) is 5.89. The number of carbonyl (C=O) groups excluding carboxylic acids is 2. The van der Waals surface area contributed by atoms with Crippen molar-refractivity contribution in [1.29, 1.82) is 0 Å². The van der Waals surface area contributed by atoms with Gasteiger partial charge in [-0.15, -0.1) is 0 Å². The minimum atomic E-state index is -0.680. The van der Waals surface area contributed by atoms with Gasteiger partial charge in [-0.2, -0.15) is 0 Å². The molecule has 5 nitrogen and oxygen atoms in total. The monoisotopic (exact) mass is 312 g/mol. The molecule has 2 N–H and O–H groups in total. The number of fused-ring (bicyclic) bond motifs is 2. The molecule has 5 heteroatoms. The Labute approximate surface area is 132 Å². The summed E-state index contributed by atoms with van der Waals surface area (Å²) in [6.45, 7) is 6.11. The van der Waals surface area contributed by atoms with E-state index in [1.165, 1.54) is 0 Å². The number of carbonyl (C=O) groups is 2. The lowest BCUT2D eigenvalue weighted by Gasteiger charge is -2.34. The molecular weight excluding hydrogens is 284 g/mol. The van der Waals surface area contributed by atoms with Gasteiger partial charge in [0.25, 0.3) is 0 Å². The van der Waals surface area contributed by atoms with Gasteiger partial charge in [-0.1, -0.05) is 20.8 Å². The normalized spacial score (nSPS) is 31.5. The van der Waals surface area contributed by atoms with Crippen molar-refractivity contribution in [2.75, 3.05) is 26.4 Å². The molecule has 2 aliphatic rings. The van der Waals surface area contributed by atoms with Crippen LogP contribution in [0.25, 0.3) is 0 Å². The van der Waals surface area contributed by atoms with Crippen molar-refractivity contribution in [2.24, 2.45) is 28.6 Å². The average molecular weight is 312 g/mol. The van der Waals surface area contributed by atoms with Crippen LogP contribution in [0.15, 0.2) is 0 Å². The van der Waals surface area contributed by atoms with Crippen molar-refractivity contribution in [3.05, 3.63) is 0 Å². The van der Waals surface area contributed by atoms with Crippen LogP contribution in [0.4, 0.5) is 0 Å². The first-order valence-electron chi connectivity index (χ1n) is 8.25. The number of hydrogen-bond acceptors (Lipinski definition) is 5. The van der Waals surface area contributed by atoms with Gasteiger partial charge in [0.05, 0.1) is 31.8 Å². The van der Waals surface area contributed by atoms with Gasteiger partial charge in [0.1, 0.15) is 0 Å². The van der Waals surface area contributed by atoms with E-state index < -0.39 is 10.8 Å². The molecule has 22 heavy (non-hydrogen) atoms. The van der Waals surface area contributed by atoms with Crippen LogP contribution in [0.1, 0.15) is 40.0 Å². The second kappa shape index (κ2) is 6.38. The highest BCUT2D eigenvalue weighted by molar-refractivity contribution is 6.43. The maximum atomic E-state index is 12.4. The fourth-order valence-corrected chi connectivity index (χ4v) is 4.37. The number of aliphatic hydroxyl groups is 2. The molecule has 0 heterocycles. The first-order chi connectivity index (χ1) is 10.4. The molecule has 0 radical (unpaired) electrons. The molecule has 2 bridgehead atoms. The van der Waals surface area contributed by atoms with Crippen molar-refractivity contribution in [3.8, 4) is 0 Å². The van der Waals surface area contributed by atoms with E-state index >= 15 is 0 Å². The first kappa shape index (κ1) is 17.6. The average Bonchev–Trinajstić information content (AvgIpc) is 2.99. The zero-order valence-electron chi connectivity index (χ0n) is 13.8. The molecule has 3 unspecified atom stereocenters. The van der Waals surface area contributed by atoms with E-state index in [9.17, 15) is 19.8 Å². The Kier molecular flexibility index (Phi) is 5.09. The Balaban J connectivity index is 2.10. The van der Waals surface area contributed by atoms with Gasteiger partial charge in [-0.3, -0.25) is 9.59 Å². The molecule has 2 aliphatic carbocycles. The van der Waals surface area contributed by atoms with Crippen molar-refractivity contribution in [2.45, 2.75) is 40.0 Å². The molecule has 2 saturated carbocycles. The predicted octanol–water partition coefficient (Wildman–Crippen LogP) is 1.20. The molecule has 2 rings (SSSR count). The lowest BCUT2D eigenvalue weighted by Crippen LogP contribution is -2.42. The Morgan fingerprint density at radius 3 is 2.45 bits per heavy atom. The molecule has 3 atom stereocenters. The molecule has 0 aromatic heterocycles.